The van der Waals surface area contributed by atoms with Gasteiger partial charge in [0.25, 0.3) is 5.91 Å². The molecule has 5 heteroatoms. The number of nitrogens with zero attached hydrogens (tertiary/aromatic N) is 1. The van der Waals surface area contributed by atoms with E-state index in [2.05, 4.69) is 17.4 Å². The Morgan fingerprint density at radius 2 is 1.76 bits per heavy atom. The number of rotatable bonds is 4. The normalized spacial score (nSPS) is 9.52. The molecule has 2 aromatic carbocycles. The zero-order chi connectivity index (χ0) is 15.2. The van der Waals surface area contributed by atoms with E-state index in [1.807, 2.05) is 6.07 Å². The number of halogens is 1. The van der Waals surface area contributed by atoms with Crippen molar-refractivity contribution in [2.45, 2.75) is 0 Å². The van der Waals surface area contributed by atoms with Gasteiger partial charge in [-0.15, -0.1) is 0 Å². The van der Waals surface area contributed by atoms with Crippen LogP contribution in [0, 0.1) is 17.1 Å². The van der Waals surface area contributed by atoms with Gasteiger partial charge in [0.1, 0.15) is 5.82 Å². The van der Waals surface area contributed by atoms with Crippen LogP contribution in [0.3, 0.4) is 0 Å². The number of hydrogen-bond donors (Lipinski definition) is 2. The lowest BCUT2D eigenvalue weighted by molar-refractivity contribution is 0.0938. The Balaban J connectivity index is 1.99. The summed E-state index contributed by atoms with van der Waals surface area (Å²) in [6, 6.07) is 14.4. The van der Waals surface area contributed by atoms with Crippen molar-refractivity contribution in [2.75, 3.05) is 0 Å². The van der Waals surface area contributed by atoms with E-state index in [0.29, 0.717) is 16.8 Å². The molecular formula is C16H12FN3O. The van der Waals surface area contributed by atoms with Crippen LogP contribution in [-0.4, -0.2) is 5.91 Å². The predicted octanol–water partition coefficient (Wildman–Crippen LogP) is 2.60. The monoisotopic (exact) mass is 281 g/mol. The number of hydrogen-bond acceptors (Lipinski definition) is 3. The molecule has 2 N–H and O–H groups in total. The largest absolute Gasteiger partial charge is 0.298 e. The molecule has 4 nitrogen and oxygen atoms in total. The van der Waals surface area contributed by atoms with Gasteiger partial charge in [0.05, 0.1) is 22.9 Å². The summed E-state index contributed by atoms with van der Waals surface area (Å²) in [5.41, 5.74) is 6.61. The van der Waals surface area contributed by atoms with Crippen LogP contribution in [-0.2, 0) is 0 Å². The zero-order valence-corrected chi connectivity index (χ0v) is 11.1. The third-order valence-corrected chi connectivity index (χ3v) is 2.81. The van der Waals surface area contributed by atoms with Gasteiger partial charge >= 0.3 is 0 Å². The highest BCUT2D eigenvalue weighted by molar-refractivity contribution is 5.94. The smallest absolute Gasteiger partial charge is 0.272 e. The van der Waals surface area contributed by atoms with Crippen molar-refractivity contribution in [2.24, 2.45) is 0 Å². The number of hydrazine groups is 1. The summed E-state index contributed by atoms with van der Waals surface area (Å²) < 4.78 is 13.4. The summed E-state index contributed by atoms with van der Waals surface area (Å²) in [7, 11) is 0. The molecule has 0 aliphatic heterocycles. The van der Waals surface area contributed by atoms with E-state index in [1.165, 1.54) is 18.2 Å². The average molecular weight is 281 g/mol. The molecule has 0 aliphatic rings. The Hall–Kier alpha value is -3.13. The van der Waals surface area contributed by atoms with E-state index >= 15 is 0 Å². The minimum absolute atomic E-state index is 0.0578. The number of carbonyl (C=O) groups is 1. The maximum Gasteiger partial charge on any atom is 0.272 e. The Bertz CT molecular complexity index is 717. The highest BCUT2D eigenvalue weighted by atomic mass is 19.1. The van der Waals surface area contributed by atoms with Gasteiger partial charge in [-0.05, 0) is 29.8 Å². The molecule has 2 rings (SSSR count). The molecule has 0 aliphatic carbocycles. The van der Waals surface area contributed by atoms with Crippen molar-refractivity contribution in [1.29, 1.82) is 5.26 Å². The number of carbonyl (C=O) groups excluding carboxylic acids is 1. The first-order valence-corrected chi connectivity index (χ1v) is 6.12. The molecule has 0 saturated heterocycles. The molecule has 1 amide bonds. The van der Waals surface area contributed by atoms with Crippen LogP contribution in [0.25, 0.3) is 5.70 Å². The van der Waals surface area contributed by atoms with E-state index in [0.717, 1.165) is 0 Å². The number of nitriles is 1. The Labute approximate surface area is 121 Å². The van der Waals surface area contributed by atoms with Crippen LogP contribution >= 0.6 is 0 Å². The highest BCUT2D eigenvalue weighted by Crippen LogP contribution is 2.10. The van der Waals surface area contributed by atoms with Crippen molar-refractivity contribution in [3.8, 4) is 6.07 Å². The molecule has 0 bridgehead atoms. The SMILES string of the molecule is C=C(NNC(=O)c1ccccc1F)c1ccc(C#N)cc1. The molecule has 0 unspecified atom stereocenters. The van der Waals surface area contributed by atoms with Crippen LogP contribution in [0.2, 0.25) is 0 Å². The molecule has 0 heterocycles. The fraction of sp³-hybridized carbons (Fsp3) is 0. The van der Waals surface area contributed by atoms with Gasteiger partial charge in [-0.3, -0.25) is 15.6 Å². The number of amides is 1. The lowest BCUT2D eigenvalue weighted by Gasteiger charge is -2.11. The summed E-state index contributed by atoms with van der Waals surface area (Å²) >= 11 is 0. The second-order valence-electron chi connectivity index (χ2n) is 4.23. The molecule has 0 atom stereocenters. The van der Waals surface area contributed by atoms with Crippen LogP contribution in [0.1, 0.15) is 21.5 Å². The summed E-state index contributed by atoms with van der Waals surface area (Å²) in [4.78, 5) is 11.8. The van der Waals surface area contributed by atoms with Crippen molar-refractivity contribution < 1.29 is 9.18 Å². The lowest BCUT2D eigenvalue weighted by Crippen LogP contribution is -2.36. The van der Waals surface area contributed by atoms with Crippen molar-refractivity contribution in [1.82, 2.24) is 10.9 Å². The first-order chi connectivity index (χ1) is 10.1. The third-order valence-electron chi connectivity index (χ3n) is 2.81. The van der Waals surface area contributed by atoms with Gasteiger partial charge < -0.3 is 0 Å². The minimum Gasteiger partial charge on any atom is -0.298 e. The van der Waals surface area contributed by atoms with Crippen molar-refractivity contribution in [3.05, 3.63) is 77.6 Å². The fourth-order valence-corrected chi connectivity index (χ4v) is 1.66. The molecule has 0 radical (unpaired) electrons. The predicted molar refractivity (Wildman–Crippen MR) is 77.2 cm³/mol. The summed E-state index contributed by atoms with van der Waals surface area (Å²) in [5, 5.41) is 8.71. The quantitative estimate of drug-likeness (QED) is 0.847. The summed E-state index contributed by atoms with van der Waals surface area (Å²) in [6.07, 6.45) is 0. The fourth-order valence-electron chi connectivity index (χ4n) is 1.66. The Morgan fingerprint density at radius 1 is 1.10 bits per heavy atom. The Morgan fingerprint density at radius 3 is 2.38 bits per heavy atom. The van der Waals surface area contributed by atoms with E-state index in [9.17, 15) is 9.18 Å². The van der Waals surface area contributed by atoms with Crippen molar-refractivity contribution in [3.63, 3.8) is 0 Å². The molecule has 0 saturated carbocycles. The third kappa shape index (κ3) is 3.45. The second kappa shape index (κ2) is 6.35. The van der Waals surface area contributed by atoms with Gasteiger partial charge in [-0.25, -0.2) is 4.39 Å². The Kier molecular flexibility index (Phi) is 4.32. The van der Waals surface area contributed by atoms with E-state index in [1.54, 1.807) is 30.3 Å². The summed E-state index contributed by atoms with van der Waals surface area (Å²) in [5.74, 6) is -1.19. The zero-order valence-electron chi connectivity index (χ0n) is 11.1. The molecule has 0 aromatic heterocycles. The van der Waals surface area contributed by atoms with E-state index < -0.39 is 11.7 Å². The van der Waals surface area contributed by atoms with Crippen LogP contribution in [0.5, 0.6) is 0 Å². The van der Waals surface area contributed by atoms with Gasteiger partial charge in [-0.1, -0.05) is 30.8 Å². The number of nitrogens with one attached hydrogen (secondary N) is 2. The highest BCUT2D eigenvalue weighted by Gasteiger charge is 2.10. The van der Waals surface area contributed by atoms with Crippen LogP contribution in [0.4, 0.5) is 4.39 Å². The van der Waals surface area contributed by atoms with E-state index in [4.69, 9.17) is 5.26 Å². The molecular weight excluding hydrogens is 269 g/mol. The van der Waals surface area contributed by atoms with Gasteiger partial charge in [0.2, 0.25) is 0 Å². The topological polar surface area (TPSA) is 64.9 Å². The number of benzene rings is 2. The standard InChI is InChI=1S/C16H12FN3O/c1-11(13-8-6-12(10-18)7-9-13)19-20-16(21)14-4-2-3-5-15(14)17/h2-9,19H,1H2,(H,20,21). The molecule has 0 spiro atoms. The van der Waals surface area contributed by atoms with E-state index in [-0.39, 0.29) is 5.56 Å². The molecule has 2 aromatic rings. The van der Waals surface area contributed by atoms with Crippen LogP contribution in [0.15, 0.2) is 55.1 Å². The maximum absolute atomic E-state index is 13.4. The molecule has 0 fully saturated rings. The maximum atomic E-state index is 13.4. The first kappa shape index (κ1) is 14.3. The van der Waals surface area contributed by atoms with Crippen molar-refractivity contribution >= 4 is 11.6 Å². The van der Waals surface area contributed by atoms with Gasteiger partial charge in [0, 0.05) is 0 Å². The second-order valence-corrected chi connectivity index (χ2v) is 4.23. The molecule has 104 valence electrons. The average Bonchev–Trinajstić information content (AvgIpc) is 2.52. The first-order valence-electron chi connectivity index (χ1n) is 6.12. The van der Waals surface area contributed by atoms with Gasteiger partial charge in [0.15, 0.2) is 0 Å². The lowest BCUT2D eigenvalue weighted by atomic mass is 10.1. The summed E-state index contributed by atoms with van der Waals surface area (Å²) in [6.45, 7) is 3.77. The van der Waals surface area contributed by atoms with Crippen LogP contribution < -0.4 is 10.9 Å². The molecule has 21 heavy (non-hydrogen) atoms. The van der Waals surface area contributed by atoms with Gasteiger partial charge in [-0.2, -0.15) is 5.26 Å². The minimum atomic E-state index is -0.596.